The average molecular weight is 235 g/mol. The van der Waals surface area contributed by atoms with Gasteiger partial charge in [0.2, 0.25) is 0 Å². The predicted molar refractivity (Wildman–Crippen MR) is 70.8 cm³/mol. The van der Waals surface area contributed by atoms with Crippen molar-refractivity contribution in [3.05, 3.63) is 18.5 Å². The van der Waals surface area contributed by atoms with Crippen molar-refractivity contribution >= 4 is 0 Å². The zero-order valence-electron chi connectivity index (χ0n) is 11.3. The minimum atomic E-state index is 0.527. The van der Waals surface area contributed by atoms with Gasteiger partial charge in [0.15, 0.2) is 0 Å². The summed E-state index contributed by atoms with van der Waals surface area (Å²) in [6.07, 6.45) is 7.70. The van der Waals surface area contributed by atoms with E-state index >= 15 is 0 Å². The fourth-order valence-corrected chi connectivity index (χ4v) is 3.13. The van der Waals surface area contributed by atoms with Gasteiger partial charge in [-0.3, -0.25) is 4.68 Å². The number of hydrogen-bond acceptors (Lipinski definition) is 2. The Hall–Kier alpha value is -0.830. The highest BCUT2D eigenvalue weighted by Gasteiger charge is 2.35. The highest BCUT2D eigenvalue weighted by molar-refractivity contribution is 4.91. The van der Waals surface area contributed by atoms with Gasteiger partial charge in [0.25, 0.3) is 0 Å². The number of hydrogen-bond donors (Lipinski definition) is 1. The van der Waals surface area contributed by atoms with E-state index in [0.29, 0.717) is 11.5 Å². The van der Waals surface area contributed by atoms with Crippen LogP contribution in [0.2, 0.25) is 0 Å². The molecule has 3 nitrogen and oxygen atoms in total. The second-order valence-corrected chi connectivity index (χ2v) is 6.23. The van der Waals surface area contributed by atoms with Gasteiger partial charge in [0.05, 0.1) is 0 Å². The third-order valence-electron chi connectivity index (χ3n) is 3.86. The van der Waals surface area contributed by atoms with Gasteiger partial charge < -0.3 is 5.32 Å². The summed E-state index contributed by atoms with van der Waals surface area (Å²) in [5.74, 6) is 0.815. The van der Waals surface area contributed by atoms with Crippen LogP contribution in [0.25, 0.3) is 0 Å². The molecule has 1 heterocycles. The molecular formula is C14H25N3. The second kappa shape index (κ2) is 5.21. The molecule has 17 heavy (non-hydrogen) atoms. The normalized spacial score (nSPS) is 27.5. The van der Waals surface area contributed by atoms with Crippen LogP contribution in [-0.4, -0.2) is 22.4 Å². The highest BCUT2D eigenvalue weighted by Crippen LogP contribution is 2.40. The third kappa shape index (κ3) is 3.56. The second-order valence-electron chi connectivity index (χ2n) is 6.23. The minimum Gasteiger partial charge on any atom is -0.314 e. The average Bonchev–Trinajstić information content (AvgIpc) is 2.81. The zero-order chi connectivity index (χ0) is 12.3. The Morgan fingerprint density at radius 3 is 2.82 bits per heavy atom. The topological polar surface area (TPSA) is 29.9 Å². The van der Waals surface area contributed by atoms with Gasteiger partial charge in [-0.25, -0.2) is 0 Å². The fourth-order valence-electron chi connectivity index (χ4n) is 3.13. The van der Waals surface area contributed by atoms with Gasteiger partial charge in [-0.15, -0.1) is 0 Å². The first-order valence-corrected chi connectivity index (χ1v) is 6.78. The molecule has 1 aromatic rings. The molecule has 0 bridgehead atoms. The van der Waals surface area contributed by atoms with Gasteiger partial charge in [-0.1, -0.05) is 20.8 Å². The quantitative estimate of drug-likeness (QED) is 0.795. The Bertz CT molecular complexity index is 329. The van der Waals surface area contributed by atoms with E-state index in [4.69, 9.17) is 0 Å². The van der Waals surface area contributed by atoms with Crippen LogP contribution in [0.4, 0.5) is 0 Å². The molecule has 1 aromatic heterocycles. The van der Waals surface area contributed by atoms with Crippen LogP contribution in [0.3, 0.4) is 0 Å². The first kappa shape index (κ1) is 12.6. The molecule has 0 radical (unpaired) electrons. The van der Waals surface area contributed by atoms with Gasteiger partial charge in [0.1, 0.15) is 0 Å². The van der Waals surface area contributed by atoms with E-state index in [-0.39, 0.29) is 0 Å². The zero-order valence-corrected chi connectivity index (χ0v) is 11.3. The summed E-state index contributed by atoms with van der Waals surface area (Å²) in [4.78, 5) is 0. The maximum Gasteiger partial charge on any atom is 0.0489 e. The van der Waals surface area contributed by atoms with E-state index in [9.17, 15) is 0 Å². The summed E-state index contributed by atoms with van der Waals surface area (Å²) in [6, 6.07) is 2.69. The van der Waals surface area contributed by atoms with Crippen molar-refractivity contribution in [2.24, 2.45) is 11.3 Å². The molecular weight excluding hydrogens is 210 g/mol. The van der Waals surface area contributed by atoms with Gasteiger partial charge >= 0.3 is 0 Å². The van der Waals surface area contributed by atoms with E-state index in [1.165, 1.54) is 12.8 Å². The first-order valence-electron chi connectivity index (χ1n) is 6.78. The lowest BCUT2D eigenvalue weighted by molar-refractivity contribution is 0.361. The number of nitrogens with zero attached hydrogens (tertiary/aromatic N) is 2. The molecule has 0 spiro atoms. The molecule has 1 N–H and O–H groups in total. The molecule has 1 aliphatic rings. The van der Waals surface area contributed by atoms with Crippen LogP contribution in [-0.2, 0) is 6.54 Å². The van der Waals surface area contributed by atoms with Crippen LogP contribution in [0.15, 0.2) is 18.5 Å². The van der Waals surface area contributed by atoms with Crippen molar-refractivity contribution in [2.75, 3.05) is 6.54 Å². The summed E-state index contributed by atoms with van der Waals surface area (Å²) in [5, 5.41) is 7.92. The summed E-state index contributed by atoms with van der Waals surface area (Å²) in [7, 11) is 0. The van der Waals surface area contributed by atoms with Crippen molar-refractivity contribution in [3.63, 3.8) is 0 Å². The van der Waals surface area contributed by atoms with Gasteiger partial charge in [0, 0.05) is 25.0 Å². The maximum atomic E-state index is 4.21. The van der Waals surface area contributed by atoms with Crippen molar-refractivity contribution in [3.8, 4) is 0 Å². The molecule has 0 aromatic carbocycles. The number of nitrogens with one attached hydrogen (secondary N) is 1. The van der Waals surface area contributed by atoms with Crippen LogP contribution in [0.5, 0.6) is 0 Å². The molecule has 3 heteroatoms. The lowest BCUT2D eigenvalue weighted by atomic mass is 9.91. The van der Waals surface area contributed by atoms with E-state index in [1.807, 2.05) is 23.1 Å². The Morgan fingerprint density at radius 2 is 2.24 bits per heavy atom. The van der Waals surface area contributed by atoms with E-state index in [0.717, 1.165) is 25.4 Å². The highest BCUT2D eigenvalue weighted by atomic mass is 15.3. The van der Waals surface area contributed by atoms with E-state index in [1.54, 1.807) is 0 Å². The molecule has 0 aliphatic heterocycles. The molecule has 0 saturated heterocycles. The molecule has 0 amide bonds. The molecule has 1 aliphatic carbocycles. The van der Waals surface area contributed by atoms with Gasteiger partial charge in [-0.05, 0) is 43.2 Å². The largest absolute Gasteiger partial charge is 0.314 e. The van der Waals surface area contributed by atoms with Crippen LogP contribution >= 0.6 is 0 Å². The van der Waals surface area contributed by atoms with E-state index in [2.05, 4.69) is 31.2 Å². The lowest BCUT2D eigenvalue weighted by Crippen LogP contribution is -2.32. The van der Waals surface area contributed by atoms with Crippen molar-refractivity contribution in [2.45, 2.75) is 52.6 Å². The lowest BCUT2D eigenvalue weighted by Gasteiger charge is -2.18. The molecule has 2 rings (SSSR count). The minimum absolute atomic E-state index is 0.527. The van der Waals surface area contributed by atoms with Crippen molar-refractivity contribution in [1.29, 1.82) is 0 Å². The fraction of sp³-hybridized carbons (Fsp3) is 0.786. The number of aryl methyl sites for hydroxylation is 1. The third-order valence-corrected chi connectivity index (χ3v) is 3.86. The molecule has 2 unspecified atom stereocenters. The number of aromatic nitrogens is 2. The molecule has 96 valence electrons. The Kier molecular flexibility index (Phi) is 3.87. The maximum absolute atomic E-state index is 4.21. The Morgan fingerprint density at radius 1 is 1.41 bits per heavy atom. The summed E-state index contributed by atoms with van der Waals surface area (Å²) < 4.78 is 2.00. The van der Waals surface area contributed by atoms with Crippen LogP contribution in [0.1, 0.15) is 40.0 Å². The predicted octanol–water partition coefficient (Wildman–Crippen LogP) is 2.69. The van der Waals surface area contributed by atoms with Crippen molar-refractivity contribution < 1.29 is 0 Å². The summed E-state index contributed by atoms with van der Waals surface area (Å²) >= 11 is 0. The number of rotatable bonds is 5. The monoisotopic (exact) mass is 235 g/mol. The van der Waals surface area contributed by atoms with E-state index < -0.39 is 0 Å². The summed E-state index contributed by atoms with van der Waals surface area (Å²) in [6.45, 7) is 9.26. The Balaban J connectivity index is 1.66. The van der Waals surface area contributed by atoms with Crippen LogP contribution in [0, 0.1) is 11.3 Å². The SMILES string of the molecule is CC1CC(C)(C)CC1NCCCn1cccn1. The summed E-state index contributed by atoms with van der Waals surface area (Å²) in [5.41, 5.74) is 0.527. The molecule has 2 atom stereocenters. The first-order chi connectivity index (χ1) is 8.07. The molecule has 1 saturated carbocycles. The van der Waals surface area contributed by atoms with Crippen molar-refractivity contribution in [1.82, 2.24) is 15.1 Å². The van der Waals surface area contributed by atoms with Crippen LogP contribution < -0.4 is 5.32 Å². The Labute approximate surface area is 105 Å². The standard InChI is InChI=1S/C14H25N3/c1-12-10-14(2,3)11-13(12)15-6-4-8-17-9-5-7-16-17/h5,7,9,12-13,15H,4,6,8,10-11H2,1-3H3. The molecule has 1 fully saturated rings. The smallest absolute Gasteiger partial charge is 0.0489 e. The van der Waals surface area contributed by atoms with Gasteiger partial charge in [-0.2, -0.15) is 5.10 Å².